The van der Waals surface area contributed by atoms with Gasteiger partial charge < -0.3 is 5.32 Å². The van der Waals surface area contributed by atoms with Gasteiger partial charge in [-0.3, -0.25) is 0 Å². The Balaban J connectivity index is 1.93. The summed E-state index contributed by atoms with van der Waals surface area (Å²) in [5.74, 6) is 1.10. The summed E-state index contributed by atoms with van der Waals surface area (Å²) in [6.07, 6.45) is 3.38. The number of aryl methyl sites for hydroxylation is 1. The summed E-state index contributed by atoms with van der Waals surface area (Å²) >= 11 is 9.77. The Morgan fingerprint density at radius 3 is 2.72 bits per heavy atom. The topological polar surface area (TPSA) is 29.9 Å². The molecule has 1 aliphatic heterocycles. The van der Waals surface area contributed by atoms with Gasteiger partial charge in [0.2, 0.25) is 0 Å². The van der Waals surface area contributed by atoms with Crippen molar-refractivity contribution in [3.63, 3.8) is 0 Å². The quantitative estimate of drug-likeness (QED) is 0.554. The lowest BCUT2D eigenvalue weighted by Crippen LogP contribution is -2.08. The first-order valence-corrected chi connectivity index (χ1v) is 9.69. The predicted molar refractivity (Wildman–Crippen MR) is 108 cm³/mol. The second-order valence-corrected chi connectivity index (χ2v) is 7.76. The van der Waals surface area contributed by atoms with Crippen molar-refractivity contribution in [1.29, 1.82) is 0 Å². The molecule has 0 atom stereocenters. The molecule has 3 aromatic rings. The summed E-state index contributed by atoms with van der Waals surface area (Å²) in [7, 11) is 0. The van der Waals surface area contributed by atoms with E-state index >= 15 is 0 Å². The lowest BCUT2D eigenvalue weighted by atomic mass is 10.0. The molecule has 2 aromatic carbocycles. The molecule has 0 bridgehead atoms. The molecule has 0 spiro atoms. The maximum atomic E-state index is 6.26. The number of benzene rings is 2. The SMILES string of the molecule is Cc1ccc(Cl)cc1-n1nc(-c2ccc(Br)cc2)c2c1NCCCC2. The number of nitrogens with zero attached hydrogens (tertiary/aromatic N) is 2. The Kier molecular flexibility index (Phi) is 4.57. The summed E-state index contributed by atoms with van der Waals surface area (Å²) in [5.41, 5.74) is 5.67. The molecule has 4 rings (SSSR count). The second-order valence-electron chi connectivity index (χ2n) is 6.41. The van der Waals surface area contributed by atoms with E-state index in [1.165, 1.54) is 18.4 Å². The van der Waals surface area contributed by atoms with Gasteiger partial charge in [-0.2, -0.15) is 5.10 Å². The number of hydrogen-bond acceptors (Lipinski definition) is 2. The van der Waals surface area contributed by atoms with Gasteiger partial charge in [0.15, 0.2) is 0 Å². The Bertz CT molecular complexity index is 915. The molecule has 3 nitrogen and oxygen atoms in total. The van der Waals surface area contributed by atoms with Crippen LogP contribution in [-0.4, -0.2) is 16.3 Å². The lowest BCUT2D eigenvalue weighted by Gasteiger charge is -2.12. The highest BCUT2D eigenvalue weighted by Crippen LogP contribution is 2.35. The fraction of sp³-hybridized carbons (Fsp3) is 0.250. The third-order valence-corrected chi connectivity index (χ3v) is 5.41. The summed E-state index contributed by atoms with van der Waals surface area (Å²) in [4.78, 5) is 0. The molecule has 1 aromatic heterocycles. The van der Waals surface area contributed by atoms with Crippen LogP contribution >= 0.6 is 27.5 Å². The number of aromatic nitrogens is 2. The third kappa shape index (κ3) is 3.21. The first-order chi connectivity index (χ1) is 12.1. The molecule has 0 radical (unpaired) electrons. The van der Waals surface area contributed by atoms with Crippen molar-refractivity contribution in [3.8, 4) is 16.9 Å². The maximum Gasteiger partial charge on any atom is 0.133 e. The van der Waals surface area contributed by atoms with E-state index in [4.69, 9.17) is 16.7 Å². The fourth-order valence-corrected chi connectivity index (χ4v) is 3.76. The second kappa shape index (κ2) is 6.85. The Morgan fingerprint density at radius 2 is 1.92 bits per heavy atom. The van der Waals surface area contributed by atoms with Gasteiger partial charge in [-0.1, -0.05) is 45.7 Å². The molecule has 25 heavy (non-hydrogen) atoms. The van der Waals surface area contributed by atoms with Crippen LogP contribution in [0.1, 0.15) is 24.0 Å². The van der Waals surface area contributed by atoms with Crippen LogP contribution in [0.15, 0.2) is 46.9 Å². The first-order valence-electron chi connectivity index (χ1n) is 8.52. The number of fused-ring (bicyclic) bond motifs is 1. The van der Waals surface area contributed by atoms with Crippen molar-refractivity contribution >= 4 is 33.3 Å². The van der Waals surface area contributed by atoms with Gasteiger partial charge in [-0.25, -0.2) is 4.68 Å². The third-order valence-electron chi connectivity index (χ3n) is 4.65. The minimum Gasteiger partial charge on any atom is -0.370 e. The summed E-state index contributed by atoms with van der Waals surface area (Å²) in [6.45, 7) is 3.06. The number of rotatable bonds is 2. The van der Waals surface area contributed by atoms with Crippen LogP contribution in [0.5, 0.6) is 0 Å². The molecule has 1 aliphatic rings. The molecule has 128 valence electrons. The van der Waals surface area contributed by atoms with Gasteiger partial charge >= 0.3 is 0 Å². The normalized spacial score (nSPS) is 13.9. The molecule has 0 aliphatic carbocycles. The van der Waals surface area contributed by atoms with Crippen LogP contribution in [-0.2, 0) is 6.42 Å². The van der Waals surface area contributed by atoms with Gasteiger partial charge in [0, 0.05) is 27.2 Å². The van der Waals surface area contributed by atoms with Crippen molar-refractivity contribution in [2.45, 2.75) is 26.2 Å². The van der Waals surface area contributed by atoms with Crippen molar-refractivity contribution < 1.29 is 0 Å². The highest BCUT2D eigenvalue weighted by molar-refractivity contribution is 9.10. The predicted octanol–water partition coefficient (Wildman–Crippen LogP) is 6.01. The molecule has 0 unspecified atom stereocenters. The van der Waals surface area contributed by atoms with Crippen molar-refractivity contribution in [1.82, 2.24) is 9.78 Å². The molecule has 1 N–H and O–H groups in total. The van der Waals surface area contributed by atoms with E-state index in [1.54, 1.807) is 0 Å². The summed E-state index contributed by atoms with van der Waals surface area (Å²) in [5, 5.41) is 9.30. The zero-order chi connectivity index (χ0) is 17.4. The van der Waals surface area contributed by atoms with E-state index < -0.39 is 0 Å². The van der Waals surface area contributed by atoms with E-state index in [1.807, 2.05) is 22.9 Å². The molecular weight excluding hydrogens is 398 g/mol. The Hall–Kier alpha value is -1.78. The average Bonchev–Trinajstić information content (AvgIpc) is 2.79. The summed E-state index contributed by atoms with van der Waals surface area (Å²) in [6, 6.07) is 14.3. The van der Waals surface area contributed by atoms with E-state index in [0.717, 1.165) is 50.8 Å². The fourth-order valence-electron chi connectivity index (χ4n) is 3.33. The van der Waals surface area contributed by atoms with E-state index in [2.05, 4.69) is 52.4 Å². The molecular formula is C20H19BrClN3. The van der Waals surface area contributed by atoms with Crippen molar-refractivity contribution in [2.75, 3.05) is 11.9 Å². The first kappa shape index (κ1) is 16.7. The maximum absolute atomic E-state index is 6.26. The monoisotopic (exact) mass is 415 g/mol. The van der Waals surface area contributed by atoms with Gasteiger partial charge in [0.1, 0.15) is 5.82 Å². The highest BCUT2D eigenvalue weighted by atomic mass is 79.9. The molecule has 0 amide bonds. The minimum atomic E-state index is 0.726. The highest BCUT2D eigenvalue weighted by Gasteiger charge is 2.22. The zero-order valence-corrected chi connectivity index (χ0v) is 16.4. The zero-order valence-electron chi connectivity index (χ0n) is 14.0. The van der Waals surface area contributed by atoms with E-state index in [0.29, 0.717) is 0 Å². The van der Waals surface area contributed by atoms with Crippen LogP contribution in [0.4, 0.5) is 5.82 Å². The number of hydrogen-bond donors (Lipinski definition) is 1. The standard InChI is InChI=1S/C20H19BrClN3/c1-13-5-10-16(22)12-18(13)25-20-17(4-2-3-11-23-20)19(24-25)14-6-8-15(21)9-7-14/h5-10,12,23H,2-4,11H2,1H3. The van der Waals surface area contributed by atoms with Crippen LogP contribution in [0, 0.1) is 6.92 Å². The average molecular weight is 417 g/mol. The van der Waals surface area contributed by atoms with Crippen LogP contribution in [0.2, 0.25) is 5.02 Å². The van der Waals surface area contributed by atoms with Gasteiger partial charge in [0.25, 0.3) is 0 Å². The number of halogens is 2. The number of nitrogens with one attached hydrogen (secondary N) is 1. The van der Waals surface area contributed by atoms with Crippen molar-refractivity contribution in [3.05, 3.63) is 63.1 Å². The Labute approximate surface area is 161 Å². The molecule has 0 fully saturated rings. The number of anilines is 1. The van der Waals surface area contributed by atoms with E-state index in [9.17, 15) is 0 Å². The van der Waals surface area contributed by atoms with Crippen molar-refractivity contribution in [2.24, 2.45) is 0 Å². The molecule has 5 heteroatoms. The van der Waals surface area contributed by atoms with Crippen LogP contribution < -0.4 is 5.32 Å². The largest absolute Gasteiger partial charge is 0.370 e. The lowest BCUT2D eigenvalue weighted by molar-refractivity contribution is 0.779. The molecule has 2 heterocycles. The minimum absolute atomic E-state index is 0.726. The molecule has 0 saturated carbocycles. The van der Waals surface area contributed by atoms with Gasteiger partial charge in [0.05, 0.1) is 11.4 Å². The smallest absolute Gasteiger partial charge is 0.133 e. The van der Waals surface area contributed by atoms with Crippen LogP contribution in [0.3, 0.4) is 0 Å². The van der Waals surface area contributed by atoms with Gasteiger partial charge in [-0.05, 0) is 56.0 Å². The van der Waals surface area contributed by atoms with E-state index in [-0.39, 0.29) is 0 Å². The summed E-state index contributed by atoms with van der Waals surface area (Å²) < 4.78 is 3.10. The van der Waals surface area contributed by atoms with Gasteiger partial charge in [-0.15, -0.1) is 0 Å². The molecule has 0 saturated heterocycles. The van der Waals surface area contributed by atoms with Crippen LogP contribution in [0.25, 0.3) is 16.9 Å². The Morgan fingerprint density at radius 1 is 1.12 bits per heavy atom.